The molecule has 1 N–H and O–H groups in total. The van der Waals surface area contributed by atoms with E-state index in [4.69, 9.17) is 16.2 Å². The molecule has 0 aliphatic carbocycles. The van der Waals surface area contributed by atoms with Crippen LogP contribution in [0.3, 0.4) is 0 Å². The van der Waals surface area contributed by atoms with Crippen LogP contribution >= 0.6 is 22.9 Å². The van der Waals surface area contributed by atoms with E-state index >= 15 is 0 Å². The molecule has 1 heterocycles. The highest BCUT2D eigenvalue weighted by Crippen LogP contribution is 2.34. The number of benzene rings is 1. The zero-order chi connectivity index (χ0) is 10.3. The number of hydrogen-bond acceptors (Lipinski definition) is 2. The van der Waals surface area contributed by atoms with Crippen molar-refractivity contribution in [2.24, 2.45) is 0 Å². The molecule has 0 radical (unpaired) electrons. The van der Waals surface area contributed by atoms with Gasteiger partial charge in [-0.15, -0.1) is 11.3 Å². The van der Waals surface area contributed by atoms with Crippen LogP contribution in [0.2, 0.25) is 5.02 Å². The number of hydrogen-bond donors (Lipinski definition) is 1. The van der Waals surface area contributed by atoms with Crippen LogP contribution in [-0.2, 0) is 11.1 Å². The molecule has 2 rings (SSSR count). The Balaban J connectivity index is 2.86. The Hall–Kier alpha value is -0.420. The molecule has 0 amide bonds. The van der Waals surface area contributed by atoms with E-state index in [1.165, 1.54) is 11.3 Å². The molecular formula is C9H7ClO2S2. The standard InChI is InChI=1S/C9H7ClO2S2/c1-5-9(14(11)12)7-4-6(10)2-3-8(7)13-5/h2-4H,1H3,(H,11,12). The van der Waals surface area contributed by atoms with Gasteiger partial charge in [-0.05, 0) is 25.1 Å². The molecule has 0 bridgehead atoms. The first-order valence-electron chi connectivity index (χ1n) is 3.89. The third kappa shape index (κ3) is 1.59. The average Bonchev–Trinajstić information content (AvgIpc) is 2.40. The van der Waals surface area contributed by atoms with Crippen LogP contribution in [0.15, 0.2) is 23.1 Å². The Bertz CT molecular complexity index is 519. The molecule has 0 saturated heterocycles. The summed E-state index contributed by atoms with van der Waals surface area (Å²) >= 11 is 5.39. The molecule has 1 aromatic carbocycles. The van der Waals surface area contributed by atoms with Crippen LogP contribution in [0.25, 0.3) is 10.1 Å². The zero-order valence-electron chi connectivity index (χ0n) is 7.28. The molecule has 0 fully saturated rings. The van der Waals surface area contributed by atoms with Gasteiger partial charge in [-0.25, -0.2) is 4.21 Å². The first-order valence-corrected chi connectivity index (χ1v) is 6.19. The second kappa shape index (κ2) is 3.62. The third-order valence-electron chi connectivity index (χ3n) is 1.94. The summed E-state index contributed by atoms with van der Waals surface area (Å²) in [5.41, 5.74) is 0. The Morgan fingerprint density at radius 3 is 2.86 bits per heavy atom. The van der Waals surface area contributed by atoms with Crippen molar-refractivity contribution >= 4 is 44.1 Å². The largest absolute Gasteiger partial charge is 0.302 e. The summed E-state index contributed by atoms with van der Waals surface area (Å²) in [5.74, 6) is 0. The molecule has 74 valence electrons. The summed E-state index contributed by atoms with van der Waals surface area (Å²) in [5, 5.41) is 1.36. The van der Waals surface area contributed by atoms with Gasteiger partial charge in [0, 0.05) is 20.0 Å². The maximum absolute atomic E-state index is 11.1. The third-order valence-corrected chi connectivity index (χ3v) is 4.27. The Labute approximate surface area is 92.8 Å². The highest BCUT2D eigenvalue weighted by atomic mass is 35.5. The van der Waals surface area contributed by atoms with Crippen LogP contribution in [0, 0.1) is 6.92 Å². The van der Waals surface area contributed by atoms with E-state index < -0.39 is 11.1 Å². The van der Waals surface area contributed by atoms with Gasteiger partial charge < -0.3 is 4.55 Å². The second-order valence-electron chi connectivity index (χ2n) is 2.88. The van der Waals surface area contributed by atoms with Crippen LogP contribution < -0.4 is 0 Å². The fraction of sp³-hybridized carbons (Fsp3) is 0.111. The Kier molecular flexibility index (Phi) is 2.62. The number of fused-ring (bicyclic) bond motifs is 1. The summed E-state index contributed by atoms with van der Waals surface area (Å²) in [6.45, 7) is 1.84. The summed E-state index contributed by atoms with van der Waals surface area (Å²) in [6, 6.07) is 5.37. The van der Waals surface area contributed by atoms with Gasteiger partial charge in [0.05, 0.1) is 4.90 Å². The first kappa shape index (κ1) is 10.1. The van der Waals surface area contributed by atoms with E-state index in [1.807, 2.05) is 13.0 Å². The molecular weight excluding hydrogens is 240 g/mol. The van der Waals surface area contributed by atoms with Gasteiger partial charge in [-0.2, -0.15) is 0 Å². The Morgan fingerprint density at radius 1 is 1.50 bits per heavy atom. The molecule has 1 aromatic heterocycles. The molecule has 0 spiro atoms. The number of aryl methyl sites for hydroxylation is 1. The molecule has 0 aliphatic rings. The van der Waals surface area contributed by atoms with E-state index in [9.17, 15) is 4.21 Å². The van der Waals surface area contributed by atoms with Crippen molar-refractivity contribution in [3.63, 3.8) is 0 Å². The minimum absolute atomic E-state index is 0.479. The van der Waals surface area contributed by atoms with Gasteiger partial charge in [0.2, 0.25) is 0 Å². The highest BCUT2D eigenvalue weighted by Gasteiger charge is 2.13. The fourth-order valence-corrected chi connectivity index (χ4v) is 3.50. The molecule has 2 aromatic rings. The fourth-order valence-electron chi connectivity index (χ4n) is 1.39. The SMILES string of the molecule is Cc1sc2ccc(Cl)cc2c1S(=O)O. The van der Waals surface area contributed by atoms with Gasteiger partial charge >= 0.3 is 0 Å². The lowest BCUT2D eigenvalue weighted by Gasteiger charge is -1.94. The average molecular weight is 247 g/mol. The zero-order valence-corrected chi connectivity index (χ0v) is 9.67. The molecule has 1 atom stereocenters. The van der Waals surface area contributed by atoms with Crippen molar-refractivity contribution in [2.45, 2.75) is 11.8 Å². The van der Waals surface area contributed by atoms with Gasteiger partial charge in [0.1, 0.15) is 0 Å². The van der Waals surface area contributed by atoms with Crippen LogP contribution in [0.1, 0.15) is 4.88 Å². The van der Waals surface area contributed by atoms with Crippen molar-refractivity contribution in [2.75, 3.05) is 0 Å². The second-order valence-corrected chi connectivity index (χ2v) is 5.48. The van der Waals surface area contributed by atoms with E-state index in [-0.39, 0.29) is 0 Å². The van der Waals surface area contributed by atoms with E-state index in [0.29, 0.717) is 9.92 Å². The molecule has 0 aliphatic heterocycles. The topological polar surface area (TPSA) is 37.3 Å². The van der Waals surface area contributed by atoms with Crippen LogP contribution in [0.4, 0.5) is 0 Å². The molecule has 1 unspecified atom stereocenters. The number of rotatable bonds is 1. The van der Waals surface area contributed by atoms with E-state index in [0.717, 1.165) is 15.0 Å². The maximum Gasteiger partial charge on any atom is 0.188 e. The summed E-state index contributed by atoms with van der Waals surface area (Å²) < 4.78 is 21.2. The van der Waals surface area contributed by atoms with E-state index in [1.54, 1.807) is 12.1 Å². The van der Waals surface area contributed by atoms with Crippen molar-refractivity contribution in [1.29, 1.82) is 0 Å². The lowest BCUT2D eigenvalue weighted by atomic mass is 10.2. The summed E-state index contributed by atoms with van der Waals surface area (Å²) in [4.78, 5) is 1.34. The number of thiophene rings is 1. The van der Waals surface area contributed by atoms with Gasteiger partial charge in [0.15, 0.2) is 11.1 Å². The van der Waals surface area contributed by atoms with Crippen LogP contribution in [-0.4, -0.2) is 8.76 Å². The summed E-state index contributed by atoms with van der Waals surface area (Å²) in [7, 11) is 0. The highest BCUT2D eigenvalue weighted by molar-refractivity contribution is 7.79. The molecule has 0 saturated carbocycles. The van der Waals surface area contributed by atoms with Crippen LogP contribution in [0.5, 0.6) is 0 Å². The molecule has 5 heteroatoms. The monoisotopic (exact) mass is 246 g/mol. The van der Waals surface area contributed by atoms with Crippen molar-refractivity contribution in [3.8, 4) is 0 Å². The minimum atomic E-state index is -1.94. The predicted octanol–water partition coefficient (Wildman–Crippen LogP) is 3.44. The van der Waals surface area contributed by atoms with Crippen molar-refractivity contribution in [3.05, 3.63) is 28.1 Å². The number of halogens is 1. The van der Waals surface area contributed by atoms with E-state index in [2.05, 4.69) is 0 Å². The lowest BCUT2D eigenvalue weighted by molar-refractivity contribution is 0.565. The van der Waals surface area contributed by atoms with Gasteiger partial charge in [-0.3, -0.25) is 0 Å². The minimum Gasteiger partial charge on any atom is -0.302 e. The van der Waals surface area contributed by atoms with Gasteiger partial charge in [-0.1, -0.05) is 11.6 Å². The Morgan fingerprint density at radius 2 is 2.21 bits per heavy atom. The smallest absolute Gasteiger partial charge is 0.188 e. The quantitative estimate of drug-likeness (QED) is 0.783. The summed E-state index contributed by atoms with van der Waals surface area (Å²) in [6.07, 6.45) is 0. The lowest BCUT2D eigenvalue weighted by Crippen LogP contribution is -1.87. The molecule has 2 nitrogen and oxygen atoms in total. The molecule has 14 heavy (non-hydrogen) atoms. The van der Waals surface area contributed by atoms with Crippen molar-refractivity contribution < 1.29 is 8.76 Å². The van der Waals surface area contributed by atoms with Gasteiger partial charge in [0.25, 0.3) is 0 Å². The first-order chi connectivity index (χ1) is 6.59. The normalized spacial score (nSPS) is 13.4. The predicted molar refractivity (Wildman–Crippen MR) is 60.6 cm³/mol. The maximum atomic E-state index is 11.1. The van der Waals surface area contributed by atoms with Crippen molar-refractivity contribution in [1.82, 2.24) is 0 Å².